The third-order valence-electron chi connectivity index (χ3n) is 8.22. The second-order valence-corrected chi connectivity index (χ2v) is 10.1. The SMILES string of the molecule is O=C1C([C@@]2([C@]3(C4=Nc5ccccc5C4=O)C(=O)Nc4ccccc43)Nc3ccccc3C2=O)=Nc2ccccc21. The summed E-state index contributed by atoms with van der Waals surface area (Å²) in [5, 5.41) is 6.18. The van der Waals surface area contributed by atoms with Gasteiger partial charge in [-0.3, -0.25) is 19.2 Å². The summed E-state index contributed by atoms with van der Waals surface area (Å²) in [7, 11) is 0. The fourth-order valence-corrected chi connectivity index (χ4v) is 6.53. The summed E-state index contributed by atoms with van der Waals surface area (Å²) < 4.78 is 0. The van der Waals surface area contributed by atoms with Crippen molar-refractivity contribution in [3.63, 3.8) is 0 Å². The number of carbonyl (C=O) groups is 4. The van der Waals surface area contributed by atoms with Gasteiger partial charge in [-0.25, -0.2) is 9.98 Å². The second kappa shape index (κ2) is 7.54. The summed E-state index contributed by atoms with van der Waals surface area (Å²) in [6.45, 7) is 0. The van der Waals surface area contributed by atoms with Crippen LogP contribution < -0.4 is 10.6 Å². The smallest absolute Gasteiger partial charge is 0.244 e. The lowest BCUT2D eigenvalue weighted by Gasteiger charge is -2.43. The van der Waals surface area contributed by atoms with Gasteiger partial charge >= 0.3 is 0 Å². The number of nitrogens with one attached hydrogen (secondary N) is 2. The number of benzene rings is 4. The average Bonchev–Trinajstić information content (AvgIpc) is 3.68. The number of carbonyl (C=O) groups excluding carboxylic acids is 4. The van der Waals surface area contributed by atoms with Crippen molar-refractivity contribution < 1.29 is 19.2 Å². The number of amides is 1. The zero-order chi connectivity index (χ0) is 27.2. The molecule has 0 fully saturated rings. The summed E-state index contributed by atoms with van der Waals surface area (Å²) in [5.74, 6) is -2.17. The van der Waals surface area contributed by atoms with E-state index < -0.39 is 34.2 Å². The number of rotatable bonds is 3. The first-order chi connectivity index (χ1) is 19.5. The van der Waals surface area contributed by atoms with Gasteiger partial charge in [-0.15, -0.1) is 0 Å². The van der Waals surface area contributed by atoms with E-state index in [-0.39, 0.29) is 17.0 Å². The molecule has 4 aliphatic heterocycles. The van der Waals surface area contributed by atoms with E-state index in [2.05, 4.69) is 10.6 Å². The number of hydrogen-bond donors (Lipinski definition) is 2. The fourth-order valence-electron chi connectivity index (χ4n) is 6.53. The normalized spacial score (nSPS) is 23.6. The standard InChI is InChI=1S/C32H18N4O4/c37-25-17-9-1-5-13-21(17)33-27(25)31(20-12-4-8-16-24(20)35-30(31)40)32(29(39)19-11-3-7-15-23(19)36-32)28-26(38)18-10-2-6-14-22(18)34-28/h1-16,36H,(H,35,40)/t31-,32-/m1/s1. The van der Waals surface area contributed by atoms with Gasteiger partial charge in [0.15, 0.2) is 16.7 Å². The Kier molecular flexibility index (Phi) is 4.24. The predicted molar refractivity (Wildman–Crippen MR) is 150 cm³/mol. The van der Waals surface area contributed by atoms with E-state index in [1.54, 1.807) is 97.1 Å². The zero-order valence-electron chi connectivity index (χ0n) is 20.8. The lowest BCUT2D eigenvalue weighted by Crippen LogP contribution is -2.72. The molecule has 4 aromatic rings. The molecule has 8 nitrogen and oxygen atoms in total. The van der Waals surface area contributed by atoms with Crippen molar-refractivity contribution in [2.75, 3.05) is 10.6 Å². The van der Waals surface area contributed by atoms with Gasteiger partial charge in [0.2, 0.25) is 17.5 Å². The first-order valence-corrected chi connectivity index (χ1v) is 12.8. The Hall–Kier alpha value is -5.50. The van der Waals surface area contributed by atoms with Crippen LogP contribution in [-0.4, -0.2) is 40.2 Å². The molecular formula is C32H18N4O4. The molecule has 2 atom stereocenters. The van der Waals surface area contributed by atoms with Crippen LogP contribution in [0.15, 0.2) is 107 Å². The van der Waals surface area contributed by atoms with E-state index in [4.69, 9.17) is 9.98 Å². The molecule has 8 heteroatoms. The molecule has 0 aliphatic carbocycles. The summed E-state index contributed by atoms with van der Waals surface area (Å²) in [4.78, 5) is 67.1. The van der Waals surface area contributed by atoms with Gasteiger partial charge in [0.1, 0.15) is 11.4 Å². The van der Waals surface area contributed by atoms with Crippen molar-refractivity contribution in [2.45, 2.75) is 11.0 Å². The maximum Gasteiger partial charge on any atom is 0.244 e. The number of nitrogens with zero attached hydrogens (tertiary/aromatic N) is 2. The summed E-state index contributed by atoms with van der Waals surface area (Å²) in [6.07, 6.45) is 0. The molecule has 0 bridgehead atoms. The Balaban J connectivity index is 1.51. The topological polar surface area (TPSA) is 117 Å². The van der Waals surface area contributed by atoms with Gasteiger partial charge < -0.3 is 10.6 Å². The lowest BCUT2D eigenvalue weighted by atomic mass is 9.57. The fraction of sp³-hybridized carbons (Fsp3) is 0.0625. The molecule has 0 aromatic heterocycles. The van der Waals surface area contributed by atoms with Crippen LogP contribution >= 0.6 is 0 Å². The van der Waals surface area contributed by atoms with Crippen molar-refractivity contribution in [2.24, 2.45) is 9.98 Å². The molecule has 1 amide bonds. The van der Waals surface area contributed by atoms with Gasteiger partial charge in [-0.2, -0.15) is 0 Å². The van der Waals surface area contributed by atoms with Gasteiger partial charge in [0.25, 0.3) is 0 Å². The molecule has 8 rings (SSSR count). The van der Waals surface area contributed by atoms with Crippen LogP contribution in [0, 0.1) is 0 Å². The second-order valence-electron chi connectivity index (χ2n) is 10.1. The van der Waals surface area contributed by atoms with E-state index in [0.717, 1.165) is 0 Å². The lowest BCUT2D eigenvalue weighted by molar-refractivity contribution is -0.119. The average molecular weight is 523 g/mol. The Labute approximate surface area is 227 Å². The highest BCUT2D eigenvalue weighted by molar-refractivity contribution is 6.65. The van der Waals surface area contributed by atoms with E-state index >= 15 is 0 Å². The Bertz CT molecular complexity index is 1960. The highest BCUT2D eigenvalue weighted by Gasteiger charge is 2.74. The monoisotopic (exact) mass is 522 g/mol. The Morgan fingerprint density at radius 3 is 1.73 bits per heavy atom. The number of ketones is 3. The molecule has 0 spiro atoms. The van der Waals surface area contributed by atoms with Gasteiger partial charge in [0.05, 0.1) is 11.4 Å². The summed E-state index contributed by atoms with van der Waals surface area (Å²) in [5.41, 5.74) is -1.57. The molecule has 0 saturated heterocycles. The number of para-hydroxylation sites is 4. The van der Waals surface area contributed by atoms with Crippen LogP contribution in [0.3, 0.4) is 0 Å². The molecule has 4 aromatic carbocycles. The number of aliphatic imine (C=N–C) groups is 2. The molecule has 0 saturated carbocycles. The maximum absolute atomic E-state index is 14.8. The highest BCUT2D eigenvalue weighted by atomic mass is 16.2. The van der Waals surface area contributed by atoms with Crippen molar-refractivity contribution in [3.8, 4) is 0 Å². The molecule has 4 aliphatic rings. The first kappa shape index (κ1) is 22.5. The number of Topliss-reactive ketones (excluding diaryl/α,β-unsaturated/α-hetero) is 3. The van der Waals surface area contributed by atoms with Crippen LogP contribution in [0.5, 0.6) is 0 Å². The zero-order valence-corrected chi connectivity index (χ0v) is 20.8. The third-order valence-corrected chi connectivity index (χ3v) is 8.22. The molecule has 190 valence electrons. The minimum atomic E-state index is -2.11. The molecule has 2 N–H and O–H groups in total. The molecule has 0 unspecified atom stereocenters. The maximum atomic E-state index is 14.8. The van der Waals surface area contributed by atoms with Crippen LogP contribution in [0.4, 0.5) is 22.7 Å². The van der Waals surface area contributed by atoms with Crippen molar-refractivity contribution in [1.82, 2.24) is 0 Å². The van der Waals surface area contributed by atoms with Crippen LogP contribution in [0.1, 0.15) is 36.6 Å². The van der Waals surface area contributed by atoms with E-state index in [0.29, 0.717) is 39.4 Å². The molecule has 4 heterocycles. The van der Waals surface area contributed by atoms with Crippen molar-refractivity contribution in [3.05, 3.63) is 119 Å². The highest BCUT2D eigenvalue weighted by Crippen LogP contribution is 2.55. The van der Waals surface area contributed by atoms with Crippen LogP contribution in [0.25, 0.3) is 0 Å². The largest absolute Gasteiger partial charge is 0.365 e. The predicted octanol–water partition coefficient (Wildman–Crippen LogP) is 4.86. The molecular weight excluding hydrogens is 504 g/mol. The van der Waals surface area contributed by atoms with Crippen LogP contribution in [-0.2, 0) is 10.2 Å². The number of hydrogen-bond acceptors (Lipinski definition) is 7. The Morgan fingerprint density at radius 1 is 0.550 bits per heavy atom. The van der Waals surface area contributed by atoms with Gasteiger partial charge in [0, 0.05) is 33.6 Å². The van der Waals surface area contributed by atoms with E-state index in [9.17, 15) is 19.2 Å². The molecule has 40 heavy (non-hydrogen) atoms. The van der Waals surface area contributed by atoms with Gasteiger partial charge in [-0.1, -0.05) is 54.6 Å². The van der Waals surface area contributed by atoms with Crippen molar-refractivity contribution >= 4 is 57.4 Å². The van der Waals surface area contributed by atoms with Crippen LogP contribution in [0.2, 0.25) is 0 Å². The molecule has 0 radical (unpaired) electrons. The van der Waals surface area contributed by atoms with E-state index in [1.165, 1.54) is 0 Å². The first-order valence-electron chi connectivity index (χ1n) is 12.8. The van der Waals surface area contributed by atoms with Gasteiger partial charge in [-0.05, 0) is 42.5 Å². The quantitative estimate of drug-likeness (QED) is 0.399. The summed E-state index contributed by atoms with van der Waals surface area (Å²) >= 11 is 0. The number of anilines is 2. The summed E-state index contributed by atoms with van der Waals surface area (Å²) in [6, 6.07) is 27.3. The minimum Gasteiger partial charge on any atom is -0.365 e. The number of fused-ring (bicyclic) bond motifs is 4. The Morgan fingerprint density at radius 2 is 1.07 bits per heavy atom. The third kappa shape index (κ3) is 2.46. The minimum absolute atomic E-state index is 0.142. The van der Waals surface area contributed by atoms with Crippen molar-refractivity contribution in [1.29, 1.82) is 0 Å². The van der Waals surface area contributed by atoms with E-state index in [1.807, 2.05) is 0 Å².